The summed E-state index contributed by atoms with van der Waals surface area (Å²) in [6, 6.07) is 5.69. The lowest BCUT2D eigenvalue weighted by atomic mass is 9.53. The van der Waals surface area contributed by atoms with Gasteiger partial charge in [0.05, 0.1) is 17.6 Å². The van der Waals surface area contributed by atoms with E-state index >= 15 is 0 Å². The van der Waals surface area contributed by atoms with Crippen molar-refractivity contribution in [3.63, 3.8) is 0 Å². The van der Waals surface area contributed by atoms with Gasteiger partial charge in [-0.15, -0.1) is 6.58 Å². The fourth-order valence-corrected chi connectivity index (χ4v) is 4.93. The Balaban J connectivity index is 1.90. The van der Waals surface area contributed by atoms with Gasteiger partial charge < -0.3 is 14.9 Å². The molecule has 2 fully saturated rings. The van der Waals surface area contributed by atoms with E-state index in [0.29, 0.717) is 19.6 Å². The molecule has 0 amide bonds. The number of hydrogen-bond acceptors (Lipinski definition) is 4. The van der Waals surface area contributed by atoms with Crippen molar-refractivity contribution in [1.82, 2.24) is 4.90 Å². The highest BCUT2D eigenvalue weighted by Crippen LogP contribution is 2.55. The van der Waals surface area contributed by atoms with E-state index in [0.717, 1.165) is 31.5 Å². The summed E-state index contributed by atoms with van der Waals surface area (Å²) in [5.74, 6) is 0.271. The molecule has 4 heteroatoms. The van der Waals surface area contributed by atoms with Crippen molar-refractivity contribution in [3.05, 3.63) is 42.0 Å². The van der Waals surface area contributed by atoms with Crippen LogP contribution in [0.5, 0.6) is 5.75 Å². The van der Waals surface area contributed by atoms with Gasteiger partial charge in [-0.3, -0.25) is 4.90 Å². The van der Waals surface area contributed by atoms with Crippen molar-refractivity contribution in [3.8, 4) is 5.75 Å². The first kappa shape index (κ1) is 14.2. The topological polar surface area (TPSA) is 52.9 Å². The molecule has 4 rings (SSSR count). The van der Waals surface area contributed by atoms with E-state index in [1.165, 1.54) is 5.56 Å². The maximum Gasteiger partial charge on any atom is 0.115 e. The number of phenols is 1. The zero-order valence-corrected chi connectivity index (χ0v) is 12.8. The maximum atomic E-state index is 11.7. The van der Waals surface area contributed by atoms with Crippen LogP contribution in [0.15, 0.2) is 30.9 Å². The van der Waals surface area contributed by atoms with Gasteiger partial charge in [0.25, 0.3) is 0 Å². The number of rotatable bonds is 2. The minimum atomic E-state index is -0.784. The third kappa shape index (κ3) is 1.69. The van der Waals surface area contributed by atoms with Gasteiger partial charge in [-0.25, -0.2) is 0 Å². The van der Waals surface area contributed by atoms with Crippen molar-refractivity contribution in [1.29, 1.82) is 0 Å². The monoisotopic (exact) mass is 301 g/mol. The number of aliphatic hydroxyl groups is 1. The molecule has 2 aliphatic heterocycles. The molecule has 0 radical (unpaired) electrons. The van der Waals surface area contributed by atoms with Crippen LogP contribution in [0.4, 0.5) is 0 Å². The second-order valence-electron chi connectivity index (χ2n) is 6.90. The number of phenolic OH excluding ortho intramolecular Hbond substituents is 1. The third-order valence-corrected chi connectivity index (χ3v) is 6.01. The molecule has 3 aliphatic rings. The molecule has 2 saturated heterocycles. The molecular weight excluding hydrogens is 278 g/mol. The number of nitrogens with zero attached hydrogens (tertiary/aromatic N) is 1. The molecule has 1 aromatic carbocycles. The van der Waals surface area contributed by atoms with Crippen LogP contribution in [0.25, 0.3) is 0 Å². The smallest absolute Gasteiger partial charge is 0.115 e. The van der Waals surface area contributed by atoms with Crippen LogP contribution < -0.4 is 0 Å². The normalized spacial score (nSPS) is 37.2. The van der Waals surface area contributed by atoms with Crippen molar-refractivity contribution in [2.24, 2.45) is 0 Å². The number of piperidine rings is 1. The largest absolute Gasteiger partial charge is 0.508 e. The number of ether oxygens (including phenoxy) is 1. The van der Waals surface area contributed by atoms with Crippen molar-refractivity contribution >= 4 is 0 Å². The standard InChI is InChI=1S/C18H23NO3/c1-2-7-19-8-5-17-12-22-9-6-18(17,21)16(19)10-13-3-4-14(20)11-15(13)17/h2-4,11,16,20-21H,1,5-10,12H2/t16-,17-,18-/m1/s1. The van der Waals surface area contributed by atoms with Gasteiger partial charge >= 0.3 is 0 Å². The van der Waals surface area contributed by atoms with Gasteiger partial charge in [-0.1, -0.05) is 12.1 Å². The third-order valence-electron chi connectivity index (χ3n) is 6.01. The minimum Gasteiger partial charge on any atom is -0.508 e. The number of fused-ring (bicyclic) bond motifs is 1. The van der Waals surface area contributed by atoms with E-state index < -0.39 is 5.60 Å². The van der Waals surface area contributed by atoms with Crippen molar-refractivity contribution in [2.45, 2.75) is 36.3 Å². The van der Waals surface area contributed by atoms with Crippen LogP contribution in [0.1, 0.15) is 24.0 Å². The Morgan fingerprint density at radius 2 is 2.27 bits per heavy atom. The first-order valence-corrected chi connectivity index (χ1v) is 8.08. The predicted octanol–water partition coefficient (Wildman–Crippen LogP) is 1.60. The van der Waals surface area contributed by atoms with E-state index in [9.17, 15) is 10.2 Å². The summed E-state index contributed by atoms with van der Waals surface area (Å²) in [4.78, 5) is 2.35. The first-order valence-electron chi connectivity index (χ1n) is 8.08. The van der Waals surface area contributed by atoms with Crippen LogP contribution in [0.2, 0.25) is 0 Å². The number of benzene rings is 1. The maximum absolute atomic E-state index is 11.7. The van der Waals surface area contributed by atoms with E-state index in [-0.39, 0.29) is 17.2 Å². The predicted molar refractivity (Wildman–Crippen MR) is 84.0 cm³/mol. The minimum absolute atomic E-state index is 0.0974. The second-order valence-corrected chi connectivity index (χ2v) is 6.90. The molecule has 0 aromatic heterocycles. The Morgan fingerprint density at radius 1 is 1.41 bits per heavy atom. The molecule has 1 aliphatic carbocycles. The van der Waals surface area contributed by atoms with Crippen LogP contribution in [-0.4, -0.2) is 53.1 Å². The Hall–Kier alpha value is -1.36. The lowest BCUT2D eigenvalue weighted by Crippen LogP contribution is -2.74. The van der Waals surface area contributed by atoms with Crippen LogP contribution in [0, 0.1) is 0 Å². The molecule has 118 valence electrons. The van der Waals surface area contributed by atoms with E-state index in [2.05, 4.69) is 11.5 Å². The number of likely N-dealkylation sites (tertiary alicyclic amines) is 1. The van der Waals surface area contributed by atoms with Gasteiger partial charge in [-0.05, 0) is 42.6 Å². The van der Waals surface area contributed by atoms with E-state index in [1.807, 2.05) is 18.2 Å². The highest BCUT2D eigenvalue weighted by atomic mass is 16.5. The van der Waals surface area contributed by atoms with Gasteiger partial charge in [0.15, 0.2) is 0 Å². The van der Waals surface area contributed by atoms with Crippen LogP contribution >= 0.6 is 0 Å². The molecule has 0 spiro atoms. The van der Waals surface area contributed by atoms with E-state index in [1.54, 1.807) is 6.07 Å². The lowest BCUT2D eigenvalue weighted by molar-refractivity contribution is -0.200. The Kier molecular flexibility index (Phi) is 3.12. The summed E-state index contributed by atoms with van der Waals surface area (Å²) in [5, 5.41) is 21.6. The number of hydrogen-bond donors (Lipinski definition) is 2. The highest BCUT2D eigenvalue weighted by molar-refractivity contribution is 5.48. The molecule has 4 nitrogen and oxygen atoms in total. The SMILES string of the molecule is C=CCN1CC[C@]23COCC[C@@]2(O)[C@H]1Cc1ccc(O)cc13. The average molecular weight is 301 g/mol. The molecule has 1 aromatic rings. The quantitative estimate of drug-likeness (QED) is 0.815. The summed E-state index contributed by atoms with van der Waals surface area (Å²) in [6.45, 7) is 6.73. The fraction of sp³-hybridized carbons (Fsp3) is 0.556. The summed E-state index contributed by atoms with van der Waals surface area (Å²) >= 11 is 0. The first-order chi connectivity index (χ1) is 10.6. The van der Waals surface area contributed by atoms with Crippen molar-refractivity contribution < 1.29 is 14.9 Å². The van der Waals surface area contributed by atoms with Gasteiger partial charge in [0.2, 0.25) is 0 Å². The molecule has 0 unspecified atom stereocenters. The van der Waals surface area contributed by atoms with E-state index in [4.69, 9.17) is 4.74 Å². The molecular formula is C18H23NO3. The highest BCUT2D eigenvalue weighted by Gasteiger charge is 2.63. The van der Waals surface area contributed by atoms with Gasteiger partial charge in [-0.2, -0.15) is 0 Å². The zero-order chi connectivity index (χ0) is 15.4. The van der Waals surface area contributed by atoms with Gasteiger partial charge in [0.1, 0.15) is 5.75 Å². The fourth-order valence-electron chi connectivity index (χ4n) is 4.93. The summed E-state index contributed by atoms with van der Waals surface area (Å²) in [5.41, 5.74) is 1.14. The Morgan fingerprint density at radius 3 is 3.09 bits per heavy atom. The Labute approximate surface area is 131 Å². The van der Waals surface area contributed by atoms with Crippen LogP contribution in [-0.2, 0) is 16.6 Å². The Bertz CT molecular complexity index is 616. The lowest BCUT2D eigenvalue weighted by Gasteiger charge is -2.63. The van der Waals surface area contributed by atoms with Crippen molar-refractivity contribution in [2.75, 3.05) is 26.3 Å². The molecule has 2 N–H and O–H groups in total. The molecule has 0 saturated carbocycles. The van der Waals surface area contributed by atoms with Gasteiger partial charge in [0, 0.05) is 25.6 Å². The molecule has 2 heterocycles. The zero-order valence-electron chi connectivity index (χ0n) is 12.8. The summed E-state index contributed by atoms with van der Waals surface area (Å²) < 4.78 is 5.79. The van der Waals surface area contributed by atoms with Crippen LogP contribution in [0.3, 0.4) is 0 Å². The molecule has 22 heavy (non-hydrogen) atoms. The molecule has 3 atom stereocenters. The molecule has 2 bridgehead atoms. The summed E-state index contributed by atoms with van der Waals surface area (Å²) in [7, 11) is 0. The average Bonchev–Trinajstić information content (AvgIpc) is 2.50. The summed E-state index contributed by atoms with van der Waals surface area (Å²) in [6.07, 6.45) is 4.24. The number of aromatic hydroxyl groups is 1. The second kappa shape index (κ2) is 4.82.